The Labute approximate surface area is 171 Å². The summed E-state index contributed by atoms with van der Waals surface area (Å²) in [6, 6.07) is 8.47. The fraction of sp³-hybridized carbons (Fsp3) is 0.571. The predicted molar refractivity (Wildman–Crippen MR) is 117 cm³/mol. The number of halogens is 1. The van der Waals surface area contributed by atoms with Gasteiger partial charge in [0.05, 0.1) is 10.4 Å². The molecule has 1 aromatic heterocycles. The Kier molecular flexibility index (Phi) is 7.83. The van der Waals surface area contributed by atoms with Crippen LogP contribution < -0.4 is 0 Å². The molecule has 2 aromatic rings. The zero-order valence-electron chi connectivity index (χ0n) is 15.6. The Balaban J connectivity index is 1.67. The molecule has 2 nitrogen and oxygen atoms in total. The van der Waals surface area contributed by atoms with Crippen LogP contribution in [0.5, 0.6) is 0 Å². The molecule has 1 aliphatic rings. The molecular formula is C21H29ClN2S2. The first-order valence-electron chi connectivity index (χ1n) is 9.71. The van der Waals surface area contributed by atoms with Crippen molar-refractivity contribution in [3.63, 3.8) is 0 Å². The number of rotatable bonds is 9. The molecule has 5 heteroatoms. The van der Waals surface area contributed by atoms with Crippen LogP contribution in [-0.4, -0.2) is 24.6 Å². The first-order chi connectivity index (χ1) is 12.7. The molecule has 0 N–H and O–H groups in total. The normalized spacial score (nSPS) is 23.2. The summed E-state index contributed by atoms with van der Waals surface area (Å²) in [6.07, 6.45) is 14.8. The second-order valence-electron chi connectivity index (χ2n) is 7.14. The standard InChI is InChI=1S/C21H29ClN2S2/c1-2-3-5-20-10-15-25-21(26-20,11-4-13-24-14-12-23-17-24)16-18-6-8-19(22)9-7-18/h6-9,12,14,17,20H,2-5,10-11,13,15-16H2,1H3. The molecule has 0 aliphatic carbocycles. The third kappa shape index (κ3) is 5.97. The van der Waals surface area contributed by atoms with Crippen LogP contribution in [-0.2, 0) is 13.0 Å². The SMILES string of the molecule is CCCCC1CCSC(CCCn2ccnc2)(Cc2ccc(Cl)cc2)S1. The monoisotopic (exact) mass is 408 g/mol. The van der Waals surface area contributed by atoms with E-state index in [0.717, 1.165) is 23.2 Å². The number of aromatic nitrogens is 2. The molecule has 2 unspecified atom stereocenters. The molecule has 3 rings (SSSR count). The smallest absolute Gasteiger partial charge is 0.0945 e. The van der Waals surface area contributed by atoms with Crippen molar-refractivity contribution in [1.29, 1.82) is 0 Å². The van der Waals surface area contributed by atoms with Crippen LogP contribution in [0.4, 0.5) is 0 Å². The van der Waals surface area contributed by atoms with Gasteiger partial charge in [0.2, 0.25) is 0 Å². The minimum absolute atomic E-state index is 0.297. The molecule has 26 heavy (non-hydrogen) atoms. The van der Waals surface area contributed by atoms with E-state index >= 15 is 0 Å². The maximum absolute atomic E-state index is 6.09. The number of imidazole rings is 1. The van der Waals surface area contributed by atoms with E-state index < -0.39 is 0 Å². The lowest BCUT2D eigenvalue weighted by Crippen LogP contribution is -2.32. The predicted octanol–water partition coefficient (Wildman–Crippen LogP) is 6.68. The average molecular weight is 409 g/mol. The first kappa shape index (κ1) is 20.2. The zero-order valence-corrected chi connectivity index (χ0v) is 18.0. The first-order valence-corrected chi connectivity index (χ1v) is 12.0. The van der Waals surface area contributed by atoms with Crippen molar-refractivity contribution < 1.29 is 0 Å². The van der Waals surface area contributed by atoms with Crippen LogP contribution in [0, 0.1) is 0 Å². The van der Waals surface area contributed by atoms with E-state index in [2.05, 4.69) is 58.3 Å². The van der Waals surface area contributed by atoms with Gasteiger partial charge < -0.3 is 4.57 Å². The van der Waals surface area contributed by atoms with Gasteiger partial charge in [0.1, 0.15) is 0 Å². The van der Waals surface area contributed by atoms with Gasteiger partial charge in [0.25, 0.3) is 0 Å². The van der Waals surface area contributed by atoms with E-state index in [9.17, 15) is 0 Å². The van der Waals surface area contributed by atoms with E-state index in [0.29, 0.717) is 4.08 Å². The topological polar surface area (TPSA) is 17.8 Å². The number of unbranched alkanes of at least 4 members (excludes halogenated alkanes) is 1. The molecule has 1 aromatic carbocycles. The number of benzene rings is 1. The summed E-state index contributed by atoms with van der Waals surface area (Å²) in [4.78, 5) is 4.17. The maximum Gasteiger partial charge on any atom is 0.0945 e. The maximum atomic E-state index is 6.09. The van der Waals surface area contributed by atoms with E-state index in [-0.39, 0.29) is 0 Å². The Bertz CT molecular complexity index is 645. The molecule has 1 saturated heterocycles. The van der Waals surface area contributed by atoms with Crippen LogP contribution in [0.25, 0.3) is 0 Å². The average Bonchev–Trinajstić information content (AvgIpc) is 3.16. The highest BCUT2D eigenvalue weighted by Crippen LogP contribution is 2.51. The molecule has 0 amide bonds. The lowest BCUT2D eigenvalue weighted by atomic mass is 10.1. The van der Waals surface area contributed by atoms with Crippen molar-refractivity contribution >= 4 is 35.1 Å². The summed E-state index contributed by atoms with van der Waals surface area (Å²) in [6.45, 7) is 3.36. The molecule has 2 atom stereocenters. The fourth-order valence-corrected chi connectivity index (χ4v) is 7.76. The summed E-state index contributed by atoms with van der Waals surface area (Å²) in [7, 11) is 0. The molecule has 0 bridgehead atoms. The van der Waals surface area contributed by atoms with Gasteiger partial charge in [0.15, 0.2) is 0 Å². The second-order valence-corrected chi connectivity index (χ2v) is 11.0. The molecule has 0 spiro atoms. The van der Waals surface area contributed by atoms with Crippen LogP contribution in [0.2, 0.25) is 5.02 Å². The Morgan fingerprint density at radius 1 is 1.27 bits per heavy atom. The molecule has 1 fully saturated rings. The van der Waals surface area contributed by atoms with Crippen molar-refractivity contribution in [3.8, 4) is 0 Å². The molecule has 142 valence electrons. The van der Waals surface area contributed by atoms with Crippen LogP contribution in [0.3, 0.4) is 0 Å². The number of aryl methyl sites for hydroxylation is 1. The number of hydrogen-bond donors (Lipinski definition) is 0. The lowest BCUT2D eigenvalue weighted by Gasteiger charge is -2.40. The minimum Gasteiger partial charge on any atom is -0.337 e. The van der Waals surface area contributed by atoms with Gasteiger partial charge in [-0.3, -0.25) is 0 Å². The third-order valence-corrected chi connectivity index (χ3v) is 8.78. The van der Waals surface area contributed by atoms with E-state index in [1.165, 1.54) is 49.8 Å². The lowest BCUT2D eigenvalue weighted by molar-refractivity contribution is 0.567. The van der Waals surface area contributed by atoms with Crippen LogP contribution in [0.15, 0.2) is 43.0 Å². The van der Waals surface area contributed by atoms with Gasteiger partial charge in [-0.15, -0.1) is 23.5 Å². The Morgan fingerprint density at radius 2 is 2.12 bits per heavy atom. The van der Waals surface area contributed by atoms with E-state index in [1.807, 2.05) is 24.7 Å². The van der Waals surface area contributed by atoms with Crippen molar-refractivity contribution in [1.82, 2.24) is 9.55 Å². The Hall–Kier alpha value is -0.580. The summed E-state index contributed by atoms with van der Waals surface area (Å²) >= 11 is 10.5. The van der Waals surface area contributed by atoms with Gasteiger partial charge in [-0.25, -0.2) is 4.98 Å². The summed E-state index contributed by atoms with van der Waals surface area (Å²) in [5, 5.41) is 1.64. The highest BCUT2D eigenvalue weighted by atomic mass is 35.5. The highest BCUT2D eigenvalue weighted by molar-refractivity contribution is 8.19. The largest absolute Gasteiger partial charge is 0.337 e. The highest BCUT2D eigenvalue weighted by Gasteiger charge is 2.37. The van der Waals surface area contributed by atoms with Gasteiger partial charge in [-0.05, 0) is 55.6 Å². The third-order valence-electron chi connectivity index (χ3n) is 4.99. The van der Waals surface area contributed by atoms with Crippen molar-refractivity contribution in [2.24, 2.45) is 0 Å². The quantitative estimate of drug-likeness (QED) is 0.460. The summed E-state index contributed by atoms with van der Waals surface area (Å²) < 4.78 is 2.49. The molecular weight excluding hydrogens is 380 g/mol. The van der Waals surface area contributed by atoms with Crippen molar-refractivity contribution in [2.45, 2.75) is 67.7 Å². The minimum atomic E-state index is 0.297. The van der Waals surface area contributed by atoms with E-state index in [4.69, 9.17) is 11.6 Å². The van der Waals surface area contributed by atoms with Gasteiger partial charge in [-0.2, -0.15) is 0 Å². The molecule has 2 heterocycles. The molecule has 0 radical (unpaired) electrons. The van der Waals surface area contributed by atoms with Crippen molar-refractivity contribution in [2.75, 3.05) is 5.75 Å². The fourth-order valence-electron chi connectivity index (χ4n) is 3.58. The summed E-state index contributed by atoms with van der Waals surface area (Å²) in [5.74, 6) is 1.29. The zero-order chi connectivity index (χ0) is 18.2. The van der Waals surface area contributed by atoms with E-state index in [1.54, 1.807) is 0 Å². The van der Waals surface area contributed by atoms with Gasteiger partial charge >= 0.3 is 0 Å². The Morgan fingerprint density at radius 3 is 2.85 bits per heavy atom. The number of hydrogen-bond acceptors (Lipinski definition) is 3. The van der Waals surface area contributed by atoms with Gasteiger partial charge in [-0.1, -0.05) is 43.5 Å². The second kappa shape index (κ2) is 10.1. The number of thioether (sulfide) groups is 2. The van der Waals surface area contributed by atoms with Crippen molar-refractivity contribution in [3.05, 3.63) is 53.6 Å². The number of nitrogens with zero attached hydrogens (tertiary/aromatic N) is 2. The van der Waals surface area contributed by atoms with Crippen LogP contribution in [0.1, 0.15) is 51.0 Å². The van der Waals surface area contributed by atoms with Gasteiger partial charge in [0, 0.05) is 29.2 Å². The molecule has 0 saturated carbocycles. The molecule has 1 aliphatic heterocycles. The van der Waals surface area contributed by atoms with Crippen LogP contribution >= 0.6 is 35.1 Å². The summed E-state index contributed by atoms with van der Waals surface area (Å²) in [5.41, 5.74) is 1.41.